The second-order valence-corrected chi connectivity index (χ2v) is 7.43. The van der Waals surface area contributed by atoms with Gasteiger partial charge >= 0.3 is 0 Å². The van der Waals surface area contributed by atoms with Crippen molar-refractivity contribution < 1.29 is 8.42 Å². The summed E-state index contributed by atoms with van der Waals surface area (Å²) >= 11 is 0. The van der Waals surface area contributed by atoms with Gasteiger partial charge in [0.05, 0.1) is 11.0 Å². The number of nitrogens with one attached hydrogen (secondary N) is 1. The summed E-state index contributed by atoms with van der Waals surface area (Å²) in [5, 5.41) is 3.06. The lowest BCUT2D eigenvalue weighted by atomic mass is 10.2. The van der Waals surface area contributed by atoms with Gasteiger partial charge in [-0.3, -0.25) is 0 Å². The van der Waals surface area contributed by atoms with Crippen molar-refractivity contribution >= 4 is 9.84 Å². The molecular formula is C13H27NO2S. The maximum atomic E-state index is 11.6. The van der Waals surface area contributed by atoms with Crippen LogP contribution in [0.5, 0.6) is 0 Å². The molecule has 0 aliphatic heterocycles. The first-order valence-corrected chi connectivity index (χ1v) is 8.19. The number of allylic oxidation sites excluding steroid dienone is 1. The summed E-state index contributed by atoms with van der Waals surface area (Å²) in [5.41, 5.74) is 1.17. The van der Waals surface area contributed by atoms with E-state index >= 15 is 0 Å². The molecule has 1 N–H and O–H groups in total. The fraction of sp³-hybridized carbons (Fsp3) is 0.846. The van der Waals surface area contributed by atoms with Crippen molar-refractivity contribution in [3.63, 3.8) is 0 Å². The number of hydrogen-bond donors (Lipinski definition) is 1. The largest absolute Gasteiger partial charge is 0.316 e. The van der Waals surface area contributed by atoms with Gasteiger partial charge in [0, 0.05) is 0 Å². The summed E-state index contributed by atoms with van der Waals surface area (Å²) in [6.45, 7) is 9.66. The molecule has 3 nitrogen and oxygen atoms in total. The molecule has 0 rings (SSSR count). The van der Waals surface area contributed by atoms with Crippen molar-refractivity contribution in [2.75, 3.05) is 18.8 Å². The van der Waals surface area contributed by atoms with E-state index in [0.717, 1.165) is 25.9 Å². The predicted molar refractivity (Wildman–Crippen MR) is 75.1 cm³/mol. The standard InChI is InChI=1S/C13H27NO2S/c1-5-9-14-10-6-7-13(4)8-11-17(15,16)12(2)3/h7,12,14H,5-6,8-11H2,1-4H3/b13-7-. The minimum absolute atomic E-state index is 0.262. The molecule has 17 heavy (non-hydrogen) atoms. The van der Waals surface area contributed by atoms with Crippen molar-refractivity contribution in [3.8, 4) is 0 Å². The maximum absolute atomic E-state index is 11.6. The molecule has 0 aromatic heterocycles. The molecule has 0 aromatic carbocycles. The van der Waals surface area contributed by atoms with Crippen LogP contribution in [0.1, 0.15) is 47.0 Å². The lowest BCUT2D eigenvalue weighted by molar-refractivity contribution is 0.586. The average molecular weight is 261 g/mol. The second kappa shape index (κ2) is 8.70. The minimum Gasteiger partial charge on any atom is -0.316 e. The van der Waals surface area contributed by atoms with E-state index in [0.29, 0.717) is 6.42 Å². The highest BCUT2D eigenvalue weighted by molar-refractivity contribution is 7.91. The summed E-state index contributed by atoms with van der Waals surface area (Å²) < 4.78 is 23.2. The third-order valence-corrected chi connectivity index (χ3v) is 4.95. The van der Waals surface area contributed by atoms with Gasteiger partial charge in [-0.25, -0.2) is 8.42 Å². The van der Waals surface area contributed by atoms with Gasteiger partial charge < -0.3 is 5.32 Å². The summed E-state index contributed by atoms with van der Waals surface area (Å²) in [6.07, 6.45) is 4.93. The van der Waals surface area contributed by atoms with Crippen LogP contribution >= 0.6 is 0 Å². The van der Waals surface area contributed by atoms with Crippen LogP contribution in [0.4, 0.5) is 0 Å². The SMILES string of the molecule is CCCNCC/C=C(/C)CCS(=O)(=O)C(C)C. The average Bonchev–Trinajstić information content (AvgIpc) is 2.26. The molecule has 0 unspecified atom stereocenters. The highest BCUT2D eigenvalue weighted by atomic mass is 32.2. The highest BCUT2D eigenvalue weighted by Gasteiger charge is 2.15. The van der Waals surface area contributed by atoms with Crippen LogP contribution in [0.3, 0.4) is 0 Å². The maximum Gasteiger partial charge on any atom is 0.152 e. The van der Waals surface area contributed by atoms with Gasteiger partial charge in [0.15, 0.2) is 9.84 Å². The van der Waals surface area contributed by atoms with Gasteiger partial charge in [-0.1, -0.05) is 18.6 Å². The molecule has 0 bridgehead atoms. The molecule has 102 valence electrons. The molecule has 0 aliphatic rings. The normalized spacial score (nSPS) is 13.4. The molecule has 0 aromatic rings. The van der Waals surface area contributed by atoms with E-state index in [-0.39, 0.29) is 11.0 Å². The van der Waals surface area contributed by atoms with Crippen LogP contribution < -0.4 is 5.32 Å². The van der Waals surface area contributed by atoms with Crippen molar-refractivity contribution in [1.82, 2.24) is 5.32 Å². The van der Waals surface area contributed by atoms with Gasteiger partial charge in [0.1, 0.15) is 0 Å². The van der Waals surface area contributed by atoms with Crippen LogP contribution in [-0.4, -0.2) is 32.5 Å². The number of rotatable bonds is 9. The third-order valence-electron chi connectivity index (χ3n) is 2.74. The zero-order chi connectivity index (χ0) is 13.3. The Morgan fingerprint density at radius 2 is 1.94 bits per heavy atom. The summed E-state index contributed by atoms with van der Waals surface area (Å²) in [4.78, 5) is 0. The van der Waals surface area contributed by atoms with Crippen LogP contribution in [0, 0.1) is 0 Å². The number of sulfone groups is 1. The molecule has 0 fully saturated rings. The minimum atomic E-state index is -2.89. The Balaban J connectivity index is 3.86. The molecule has 0 heterocycles. The van der Waals surface area contributed by atoms with E-state index in [1.807, 2.05) is 6.92 Å². The van der Waals surface area contributed by atoms with Crippen LogP contribution in [-0.2, 0) is 9.84 Å². The highest BCUT2D eigenvalue weighted by Crippen LogP contribution is 2.08. The molecule has 0 saturated carbocycles. The number of hydrogen-bond acceptors (Lipinski definition) is 3. The molecule has 4 heteroatoms. The van der Waals surface area contributed by atoms with Gasteiger partial charge in [-0.15, -0.1) is 0 Å². The Hall–Kier alpha value is -0.350. The zero-order valence-corrected chi connectivity index (χ0v) is 12.4. The lowest BCUT2D eigenvalue weighted by Crippen LogP contribution is -2.18. The summed E-state index contributed by atoms with van der Waals surface area (Å²) in [5.74, 6) is 0.273. The van der Waals surface area contributed by atoms with E-state index in [2.05, 4.69) is 18.3 Å². The Bertz CT molecular complexity index is 318. The quantitative estimate of drug-likeness (QED) is 0.512. The van der Waals surface area contributed by atoms with Gasteiger partial charge in [-0.2, -0.15) is 0 Å². The Labute approximate surface area is 107 Å². The van der Waals surface area contributed by atoms with Crippen LogP contribution in [0.2, 0.25) is 0 Å². The van der Waals surface area contributed by atoms with Gasteiger partial charge in [-0.05, 0) is 53.1 Å². The van der Waals surface area contributed by atoms with Gasteiger partial charge in [0.2, 0.25) is 0 Å². The van der Waals surface area contributed by atoms with Crippen molar-refractivity contribution in [2.45, 2.75) is 52.2 Å². The van der Waals surface area contributed by atoms with Crippen molar-refractivity contribution in [2.24, 2.45) is 0 Å². The van der Waals surface area contributed by atoms with E-state index in [4.69, 9.17) is 0 Å². The van der Waals surface area contributed by atoms with Crippen molar-refractivity contribution in [3.05, 3.63) is 11.6 Å². The first-order valence-electron chi connectivity index (χ1n) is 6.48. The molecular weight excluding hydrogens is 234 g/mol. The summed E-state index contributed by atoms with van der Waals surface area (Å²) in [6, 6.07) is 0. The molecule has 0 radical (unpaired) electrons. The Morgan fingerprint density at radius 1 is 1.29 bits per heavy atom. The fourth-order valence-corrected chi connectivity index (χ4v) is 2.44. The zero-order valence-electron chi connectivity index (χ0n) is 11.6. The first kappa shape index (κ1) is 16.6. The molecule has 0 atom stereocenters. The Morgan fingerprint density at radius 3 is 2.47 bits per heavy atom. The second-order valence-electron chi connectivity index (χ2n) is 4.75. The van der Waals surface area contributed by atoms with E-state index in [1.165, 1.54) is 5.57 Å². The molecule has 0 aliphatic carbocycles. The Kier molecular flexibility index (Phi) is 8.52. The van der Waals surface area contributed by atoms with E-state index < -0.39 is 9.84 Å². The predicted octanol–water partition coefficient (Wildman–Crippen LogP) is 2.54. The van der Waals surface area contributed by atoms with E-state index in [1.54, 1.807) is 13.8 Å². The molecule has 0 saturated heterocycles. The summed E-state index contributed by atoms with van der Waals surface area (Å²) in [7, 11) is -2.89. The topological polar surface area (TPSA) is 46.2 Å². The van der Waals surface area contributed by atoms with Crippen LogP contribution in [0.25, 0.3) is 0 Å². The monoisotopic (exact) mass is 261 g/mol. The fourth-order valence-electron chi connectivity index (χ4n) is 1.36. The van der Waals surface area contributed by atoms with Crippen LogP contribution in [0.15, 0.2) is 11.6 Å². The lowest BCUT2D eigenvalue weighted by Gasteiger charge is -2.07. The van der Waals surface area contributed by atoms with Crippen molar-refractivity contribution in [1.29, 1.82) is 0 Å². The third kappa shape index (κ3) is 8.38. The smallest absolute Gasteiger partial charge is 0.152 e. The first-order chi connectivity index (χ1) is 7.90. The van der Waals surface area contributed by atoms with Gasteiger partial charge in [0.25, 0.3) is 0 Å². The molecule has 0 amide bonds. The van der Waals surface area contributed by atoms with E-state index in [9.17, 15) is 8.42 Å². The molecule has 0 spiro atoms.